The van der Waals surface area contributed by atoms with Crippen LogP contribution in [0.5, 0.6) is 0 Å². The summed E-state index contributed by atoms with van der Waals surface area (Å²) in [5, 5.41) is 2.06. The molecule has 0 aliphatic carbocycles. The molecule has 0 unspecified atom stereocenters. The molecule has 3 aromatic rings. The first-order valence-electron chi connectivity index (χ1n) is 9.34. The zero-order chi connectivity index (χ0) is 19.5. The van der Waals surface area contributed by atoms with E-state index < -0.39 is 0 Å². The summed E-state index contributed by atoms with van der Waals surface area (Å²) in [5.74, 6) is 1.28. The van der Waals surface area contributed by atoms with E-state index in [1.807, 2.05) is 40.9 Å². The summed E-state index contributed by atoms with van der Waals surface area (Å²) in [4.78, 5) is 27.0. The van der Waals surface area contributed by atoms with Crippen molar-refractivity contribution >= 4 is 23.1 Å². The van der Waals surface area contributed by atoms with Gasteiger partial charge in [0.05, 0.1) is 13.1 Å². The summed E-state index contributed by atoms with van der Waals surface area (Å²) in [7, 11) is 2.05. The number of carbonyl (C=O) groups excluding carboxylic acids is 1. The molecule has 0 saturated carbocycles. The van der Waals surface area contributed by atoms with Gasteiger partial charge in [-0.05, 0) is 43.1 Å². The van der Waals surface area contributed by atoms with Gasteiger partial charge in [0.15, 0.2) is 0 Å². The van der Waals surface area contributed by atoms with Gasteiger partial charge in [-0.3, -0.25) is 9.69 Å². The lowest BCUT2D eigenvalue weighted by atomic mass is 10.2. The lowest BCUT2D eigenvalue weighted by molar-refractivity contribution is 0.0769. The van der Waals surface area contributed by atoms with Crippen LogP contribution in [0, 0.1) is 0 Å². The predicted molar refractivity (Wildman–Crippen MR) is 110 cm³/mol. The van der Waals surface area contributed by atoms with E-state index in [2.05, 4.69) is 26.3 Å². The molecule has 1 aliphatic heterocycles. The zero-order valence-electron chi connectivity index (χ0n) is 15.9. The highest BCUT2D eigenvalue weighted by Gasteiger charge is 2.30. The molecule has 1 aliphatic rings. The van der Waals surface area contributed by atoms with Crippen molar-refractivity contribution in [2.75, 3.05) is 25.9 Å². The fourth-order valence-electron chi connectivity index (χ4n) is 3.61. The molecule has 28 heavy (non-hydrogen) atoms. The molecule has 1 fully saturated rings. The van der Waals surface area contributed by atoms with Crippen LogP contribution >= 0.6 is 11.3 Å². The van der Waals surface area contributed by atoms with Gasteiger partial charge in [-0.15, -0.1) is 11.3 Å². The first kappa shape index (κ1) is 18.6. The third-order valence-corrected chi connectivity index (χ3v) is 6.01. The van der Waals surface area contributed by atoms with Gasteiger partial charge in [0.2, 0.25) is 0 Å². The number of nitrogens with two attached hydrogens (primary N) is 1. The number of aromatic nitrogens is 3. The average Bonchev–Trinajstić information content (AvgIpc) is 3.43. The van der Waals surface area contributed by atoms with Crippen LogP contribution in [-0.4, -0.2) is 56.4 Å². The second kappa shape index (κ2) is 8.12. The number of nitrogens with zero attached hydrogens (tertiary/aromatic N) is 5. The average molecular weight is 397 g/mol. The Kier molecular flexibility index (Phi) is 5.40. The maximum absolute atomic E-state index is 13.1. The van der Waals surface area contributed by atoms with E-state index in [0.717, 1.165) is 25.2 Å². The number of thiophene rings is 1. The molecule has 2 N–H and O–H groups in total. The lowest BCUT2D eigenvalue weighted by Crippen LogP contribution is -2.37. The van der Waals surface area contributed by atoms with E-state index in [1.165, 1.54) is 4.88 Å². The number of hydrogen-bond acceptors (Lipinski definition) is 6. The van der Waals surface area contributed by atoms with E-state index >= 15 is 0 Å². The van der Waals surface area contributed by atoms with Gasteiger partial charge >= 0.3 is 0 Å². The Bertz CT molecular complexity index is 938. The topological polar surface area (TPSA) is 80.3 Å². The minimum Gasteiger partial charge on any atom is -0.384 e. The van der Waals surface area contributed by atoms with Crippen molar-refractivity contribution in [2.24, 2.45) is 0 Å². The first-order chi connectivity index (χ1) is 13.6. The number of anilines is 1. The number of carbonyl (C=O) groups is 1. The molecule has 3 aromatic heterocycles. The molecular formula is C20H24N6OS. The van der Waals surface area contributed by atoms with Gasteiger partial charge < -0.3 is 15.2 Å². The summed E-state index contributed by atoms with van der Waals surface area (Å²) >= 11 is 1.71. The molecule has 0 spiro atoms. The third kappa shape index (κ3) is 4.07. The molecule has 146 valence electrons. The SMILES string of the molecule is CN(Cc1nccc(N)n1)[C@@H]1CCN(C(=O)c2cccn2Cc2cccs2)C1. The number of likely N-dealkylation sites (tertiary alicyclic amines) is 1. The predicted octanol–water partition coefficient (Wildman–Crippen LogP) is 2.32. The van der Waals surface area contributed by atoms with E-state index in [9.17, 15) is 4.79 Å². The van der Waals surface area contributed by atoms with Crippen molar-refractivity contribution in [1.29, 1.82) is 0 Å². The molecule has 0 radical (unpaired) electrons. The Hall–Kier alpha value is -2.71. The number of likely N-dealkylation sites (N-methyl/N-ethyl adjacent to an activating group) is 1. The highest BCUT2D eigenvalue weighted by molar-refractivity contribution is 7.09. The Labute approximate surface area is 168 Å². The van der Waals surface area contributed by atoms with E-state index in [4.69, 9.17) is 5.73 Å². The molecule has 8 heteroatoms. The Morgan fingerprint density at radius 1 is 1.36 bits per heavy atom. The van der Waals surface area contributed by atoms with Gasteiger partial charge in [0.25, 0.3) is 5.91 Å². The van der Waals surface area contributed by atoms with Crippen molar-refractivity contribution in [1.82, 2.24) is 24.3 Å². The second-order valence-corrected chi connectivity index (χ2v) is 8.14. The van der Waals surface area contributed by atoms with Crippen LogP contribution in [0.1, 0.15) is 27.6 Å². The van der Waals surface area contributed by atoms with E-state index in [-0.39, 0.29) is 11.9 Å². The van der Waals surface area contributed by atoms with Crippen LogP contribution in [0.3, 0.4) is 0 Å². The first-order valence-corrected chi connectivity index (χ1v) is 10.2. The van der Waals surface area contributed by atoms with Crippen molar-refractivity contribution < 1.29 is 4.79 Å². The van der Waals surface area contributed by atoms with Crippen LogP contribution < -0.4 is 5.73 Å². The van der Waals surface area contributed by atoms with Crippen LogP contribution in [0.15, 0.2) is 48.1 Å². The maximum atomic E-state index is 13.1. The minimum absolute atomic E-state index is 0.0951. The van der Waals surface area contributed by atoms with Gasteiger partial charge in [0, 0.05) is 36.4 Å². The smallest absolute Gasteiger partial charge is 0.270 e. The van der Waals surface area contributed by atoms with Crippen molar-refractivity contribution in [3.05, 3.63) is 64.5 Å². The Morgan fingerprint density at radius 3 is 3.04 bits per heavy atom. The molecule has 7 nitrogen and oxygen atoms in total. The summed E-state index contributed by atoms with van der Waals surface area (Å²) in [5.41, 5.74) is 6.49. The number of amides is 1. The molecule has 4 heterocycles. The van der Waals surface area contributed by atoms with E-state index in [1.54, 1.807) is 23.6 Å². The largest absolute Gasteiger partial charge is 0.384 e. The normalized spacial score (nSPS) is 16.8. The van der Waals surface area contributed by atoms with Gasteiger partial charge in [0.1, 0.15) is 17.3 Å². The van der Waals surface area contributed by atoms with Crippen LogP contribution in [0.2, 0.25) is 0 Å². The second-order valence-electron chi connectivity index (χ2n) is 7.11. The summed E-state index contributed by atoms with van der Waals surface area (Å²) in [6.07, 6.45) is 4.59. The molecule has 0 aromatic carbocycles. The molecule has 4 rings (SSSR count). The maximum Gasteiger partial charge on any atom is 0.270 e. The Morgan fingerprint density at radius 2 is 2.25 bits per heavy atom. The van der Waals surface area contributed by atoms with Crippen molar-refractivity contribution in [3.8, 4) is 0 Å². The molecular weight excluding hydrogens is 372 g/mol. The van der Waals surface area contributed by atoms with E-state index in [0.29, 0.717) is 24.7 Å². The third-order valence-electron chi connectivity index (χ3n) is 5.15. The highest BCUT2D eigenvalue weighted by atomic mass is 32.1. The van der Waals surface area contributed by atoms with Gasteiger partial charge in [-0.25, -0.2) is 9.97 Å². The van der Waals surface area contributed by atoms with Crippen LogP contribution in [0.4, 0.5) is 5.82 Å². The molecule has 0 bridgehead atoms. The Balaban J connectivity index is 1.39. The number of rotatable bonds is 6. The number of hydrogen-bond donors (Lipinski definition) is 1. The standard InChI is InChI=1S/C20H24N6OS/c1-24(14-19-22-8-6-18(21)23-19)15-7-10-26(12-15)20(27)17-5-2-9-25(17)13-16-4-3-11-28-16/h2-6,8-9,11,15H,7,10,12-14H2,1H3,(H2,21,22,23)/t15-/m1/s1. The fourth-order valence-corrected chi connectivity index (χ4v) is 4.31. The van der Waals surface area contributed by atoms with Crippen LogP contribution in [0.25, 0.3) is 0 Å². The summed E-state index contributed by atoms with van der Waals surface area (Å²) in [6.45, 7) is 2.82. The zero-order valence-corrected chi connectivity index (χ0v) is 16.7. The quantitative estimate of drug-likeness (QED) is 0.692. The lowest BCUT2D eigenvalue weighted by Gasteiger charge is -2.24. The molecule has 1 saturated heterocycles. The molecule has 1 atom stereocenters. The van der Waals surface area contributed by atoms with Gasteiger partial charge in [-0.1, -0.05) is 6.07 Å². The van der Waals surface area contributed by atoms with Crippen molar-refractivity contribution in [3.63, 3.8) is 0 Å². The number of nitrogen functional groups attached to an aromatic ring is 1. The molecule has 1 amide bonds. The summed E-state index contributed by atoms with van der Waals surface area (Å²) < 4.78 is 2.03. The van der Waals surface area contributed by atoms with Crippen LogP contribution in [-0.2, 0) is 13.1 Å². The summed E-state index contributed by atoms with van der Waals surface area (Å²) in [6, 6.07) is 9.96. The fraction of sp³-hybridized carbons (Fsp3) is 0.350. The highest BCUT2D eigenvalue weighted by Crippen LogP contribution is 2.20. The van der Waals surface area contributed by atoms with Crippen molar-refractivity contribution in [2.45, 2.75) is 25.6 Å². The monoisotopic (exact) mass is 396 g/mol. The minimum atomic E-state index is 0.0951. The van der Waals surface area contributed by atoms with Gasteiger partial charge in [-0.2, -0.15) is 0 Å².